The van der Waals surface area contributed by atoms with Gasteiger partial charge in [-0.2, -0.15) is 0 Å². The number of nitro groups is 1. The summed E-state index contributed by atoms with van der Waals surface area (Å²) in [5, 5.41) is 13.1. The molecule has 8 nitrogen and oxygen atoms in total. The van der Waals surface area contributed by atoms with Crippen LogP contribution in [0.4, 0.5) is 11.4 Å². The molecule has 156 valence electrons. The summed E-state index contributed by atoms with van der Waals surface area (Å²) in [6, 6.07) is 12.7. The number of nitrogens with zero attached hydrogens (tertiary/aromatic N) is 2. The average Bonchev–Trinajstić information content (AvgIpc) is 3.30. The number of hydrogen-bond acceptors (Lipinski definition) is 5. The van der Waals surface area contributed by atoms with E-state index in [1.54, 1.807) is 49.4 Å². The zero-order chi connectivity index (χ0) is 22.3. The van der Waals surface area contributed by atoms with E-state index in [2.05, 4.69) is 5.43 Å². The molecule has 0 radical (unpaired) electrons. The van der Waals surface area contributed by atoms with E-state index in [9.17, 15) is 19.7 Å². The summed E-state index contributed by atoms with van der Waals surface area (Å²) in [7, 11) is 0. The highest BCUT2D eigenvalue weighted by atomic mass is 35.5. The lowest BCUT2D eigenvalue weighted by Crippen LogP contribution is -2.35. The van der Waals surface area contributed by atoms with Gasteiger partial charge in [0.1, 0.15) is 17.1 Å². The highest BCUT2D eigenvalue weighted by Gasteiger charge is 2.34. The molecule has 1 N–H and O–H groups in total. The van der Waals surface area contributed by atoms with Gasteiger partial charge in [0.05, 0.1) is 16.2 Å². The molecular formula is C22H16ClN3O5. The van der Waals surface area contributed by atoms with Crippen molar-refractivity contribution < 1.29 is 18.9 Å². The molecule has 4 rings (SSSR count). The lowest BCUT2D eigenvalue weighted by atomic mass is 10.0. The number of hydrogen-bond donors (Lipinski definition) is 1. The summed E-state index contributed by atoms with van der Waals surface area (Å²) in [5.74, 6) is -0.654. The number of furan rings is 1. The minimum atomic E-state index is -0.588. The van der Waals surface area contributed by atoms with Crippen LogP contribution in [-0.4, -0.2) is 16.7 Å². The van der Waals surface area contributed by atoms with Gasteiger partial charge < -0.3 is 4.42 Å². The number of amides is 2. The molecule has 1 fully saturated rings. The van der Waals surface area contributed by atoms with Gasteiger partial charge in [0.15, 0.2) is 0 Å². The predicted molar refractivity (Wildman–Crippen MR) is 115 cm³/mol. The molecule has 0 bridgehead atoms. The van der Waals surface area contributed by atoms with E-state index in [0.29, 0.717) is 16.3 Å². The van der Waals surface area contributed by atoms with Gasteiger partial charge in [-0.1, -0.05) is 11.6 Å². The maximum absolute atomic E-state index is 12.7. The maximum atomic E-state index is 12.7. The molecule has 1 aliphatic rings. The number of nitrogens with one attached hydrogen (secondary N) is 1. The van der Waals surface area contributed by atoms with E-state index in [1.807, 2.05) is 6.92 Å². The zero-order valence-corrected chi connectivity index (χ0v) is 17.3. The third-order valence-electron chi connectivity index (χ3n) is 4.96. The van der Waals surface area contributed by atoms with Crippen LogP contribution in [0.3, 0.4) is 0 Å². The molecular weight excluding hydrogens is 422 g/mol. The predicted octanol–water partition coefficient (Wildman–Crippen LogP) is 4.59. The number of halogens is 1. The third-order valence-corrected chi connectivity index (χ3v) is 5.22. The second kappa shape index (κ2) is 7.73. The second-order valence-electron chi connectivity index (χ2n) is 7.03. The van der Waals surface area contributed by atoms with Crippen LogP contribution in [0.2, 0.25) is 5.02 Å². The van der Waals surface area contributed by atoms with Gasteiger partial charge in [-0.3, -0.25) is 25.1 Å². The number of rotatable bonds is 4. The lowest BCUT2D eigenvalue weighted by Gasteiger charge is -2.14. The SMILES string of the molecule is Cc1cc(-c2ccc(C=C3C(=O)NN(c4ccc(Cl)cc4)C3=O)o2)c([N+](=O)[O-])cc1C. The fourth-order valence-electron chi connectivity index (χ4n) is 3.20. The molecule has 2 amide bonds. The Morgan fingerprint density at radius 2 is 1.74 bits per heavy atom. The number of carbonyl (C=O) groups excluding carboxylic acids is 2. The Morgan fingerprint density at radius 1 is 1.06 bits per heavy atom. The fraction of sp³-hybridized carbons (Fsp3) is 0.0909. The first-order valence-electron chi connectivity index (χ1n) is 9.23. The molecule has 2 aromatic carbocycles. The van der Waals surface area contributed by atoms with Crippen molar-refractivity contribution in [3.8, 4) is 11.3 Å². The van der Waals surface area contributed by atoms with Gasteiger partial charge >= 0.3 is 0 Å². The Balaban J connectivity index is 1.67. The van der Waals surface area contributed by atoms with Crippen molar-refractivity contribution in [2.45, 2.75) is 13.8 Å². The highest BCUT2D eigenvalue weighted by molar-refractivity contribution is 6.32. The maximum Gasteiger partial charge on any atom is 0.282 e. The monoisotopic (exact) mass is 437 g/mol. The number of carbonyl (C=O) groups is 2. The van der Waals surface area contributed by atoms with E-state index < -0.39 is 16.7 Å². The molecule has 0 spiro atoms. The molecule has 9 heteroatoms. The molecule has 0 atom stereocenters. The van der Waals surface area contributed by atoms with Crippen LogP contribution in [0.15, 0.2) is 58.5 Å². The van der Waals surface area contributed by atoms with Gasteiger partial charge in [-0.25, -0.2) is 5.01 Å². The summed E-state index contributed by atoms with van der Waals surface area (Å²) < 4.78 is 5.72. The molecule has 0 aliphatic carbocycles. The molecule has 1 aromatic heterocycles. The van der Waals surface area contributed by atoms with Crippen molar-refractivity contribution in [1.82, 2.24) is 5.43 Å². The van der Waals surface area contributed by atoms with Crippen LogP contribution in [0.5, 0.6) is 0 Å². The number of benzene rings is 2. The number of hydrazine groups is 1. The van der Waals surface area contributed by atoms with Crippen molar-refractivity contribution in [1.29, 1.82) is 0 Å². The Hall–Kier alpha value is -3.91. The van der Waals surface area contributed by atoms with E-state index in [0.717, 1.165) is 16.1 Å². The molecule has 0 saturated carbocycles. The fourth-order valence-corrected chi connectivity index (χ4v) is 3.32. The van der Waals surface area contributed by atoms with E-state index >= 15 is 0 Å². The Bertz CT molecular complexity index is 1260. The van der Waals surface area contributed by atoms with Crippen molar-refractivity contribution in [3.05, 3.63) is 86.1 Å². The van der Waals surface area contributed by atoms with Crippen LogP contribution in [-0.2, 0) is 9.59 Å². The van der Waals surface area contributed by atoms with Crippen LogP contribution in [0.1, 0.15) is 16.9 Å². The molecule has 2 heterocycles. The highest BCUT2D eigenvalue weighted by Crippen LogP contribution is 2.34. The largest absolute Gasteiger partial charge is 0.456 e. The quantitative estimate of drug-likeness (QED) is 0.278. The molecule has 31 heavy (non-hydrogen) atoms. The zero-order valence-electron chi connectivity index (χ0n) is 16.5. The standard InChI is InChI=1S/C22H16ClN3O5/c1-12-9-17(19(26(29)30)10-13(12)2)20-8-7-16(31-20)11-18-21(27)24-25(22(18)28)15-5-3-14(23)4-6-15/h3-11H,1-2H3,(H,24,27). The molecule has 1 saturated heterocycles. The normalized spacial score (nSPS) is 14.9. The first kappa shape index (κ1) is 20.4. The number of anilines is 1. The van der Waals surface area contributed by atoms with Gasteiger partial charge in [0.2, 0.25) is 0 Å². The average molecular weight is 438 g/mol. The summed E-state index contributed by atoms with van der Waals surface area (Å²) in [6.07, 6.45) is 1.31. The second-order valence-corrected chi connectivity index (χ2v) is 7.47. The van der Waals surface area contributed by atoms with Gasteiger partial charge in [0, 0.05) is 11.1 Å². The molecule has 1 aliphatic heterocycles. The number of aryl methyl sites for hydroxylation is 2. The first-order chi connectivity index (χ1) is 14.7. The molecule has 0 unspecified atom stereocenters. The smallest absolute Gasteiger partial charge is 0.282 e. The van der Waals surface area contributed by atoms with Crippen molar-refractivity contribution >= 4 is 40.9 Å². The minimum absolute atomic E-state index is 0.0831. The van der Waals surface area contributed by atoms with Crippen molar-refractivity contribution in [2.24, 2.45) is 0 Å². The summed E-state index contributed by atoms with van der Waals surface area (Å²) in [5.41, 5.74) is 4.73. The molecule has 3 aromatic rings. The van der Waals surface area contributed by atoms with E-state index in [-0.39, 0.29) is 22.8 Å². The summed E-state index contributed by atoms with van der Waals surface area (Å²) >= 11 is 5.86. The van der Waals surface area contributed by atoms with Crippen LogP contribution < -0.4 is 10.4 Å². The van der Waals surface area contributed by atoms with Crippen LogP contribution in [0.25, 0.3) is 17.4 Å². The summed E-state index contributed by atoms with van der Waals surface area (Å²) in [4.78, 5) is 36.1. The topological polar surface area (TPSA) is 106 Å². The Morgan fingerprint density at radius 3 is 2.42 bits per heavy atom. The lowest BCUT2D eigenvalue weighted by molar-refractivity contribution is -0.384. The van der Waals surface area contributed by atoms with Crippen LogP contribution in [0, 0.1) is 24.0 Å². The van der Waals surface area contributed by atoms with Gasteiger partial charge in [-0.05, 0) is 73.5 Å². The summed E-state index contributed by atoms with van der Waals surface area (Å²) in [6.45, 7) is 3.64. The minimum Gasteiger partial charge on any atom is -0.456 e. The van der Waals surface area contributed by atoms with Crippen LogP contribution >= 0.6 is 11.6 Å². The van der Waals surface area contributed by atoms with Crippen molar-refractivity contribution in [2.75, 3.05) is 5.01 Å². The Labute approximate surface area is 181 Å². The van der Waals surface area contributed by atoms with E-state index in [1.165, 1.54) is 12.1 Å². The first-order valence-corrected chi connectivity index (χ1v) is 9.61. The van der Waals surface area contributed by atoms with Crippen molar-refractivity contribution in [3.63, 3.8) is 0 Å². The van der Waals surface area contributed by atoms with E-state index in [4.69, 9.17) is 16.0 Å². The number of nitro benzene ring substituents is 1. The Kier molecular flexibility index (Phi) is 5.08. The third kappa shape index (κ3) is 3.80. The van der Waals surface area contributed by atoms with Gasteiger partial charge in [-0.15, -0.1) is 0 Å². The van der Waals surface area contributed by atoms with Gasteiger partial charge in [0.25, 0.3) is 17.5 Å².